The molecule has 0 spiro atoms. The minimum absolute atomic E-state index is 0.0185. The van der Waals surface area contributed by atoms with Gasteiger partial charge in [0.25, 0.3) is 5.91 Å². The predicted octanol–water partition coefficient (Wildman–Crippen LogP) is 1.91. The number of aromatic nitrogens is 2. The van der Waals surface area contributed by atoms with Crippen LogP contribution in [0.4, 0.5) is 0 Å². The number of nitrogens with zero attached hydrogens (tertiary/aromatic N) is 2. The van der Waals surface area contributed by atoms with Crippen molar-refractivity contribution in [2.45, 2.75) is 32.9 Å². The summed E-state index contributed by atoms with van der Waals surface area (Å²) in [6, 6.07) is 4.90. The van der Waals surface area contributed by atoms with Gasteiger partial charge in [0.05, 0.1) is 4.88 Å². The predicted molar refractivity (Wildman–Crippen MR) is 90.3 cm³/mol. The van der Waals surface area contributed by atoms with Crippen molar-refractivity contribution in [3.05, 3.63) is 40.8 Å². The van der Waals surface area contributed by atoms with Crippen LogP contribution >= 0.6 is 11.3 Å². The molecule has 0 radical (unpaired) electrons. The van der Waals surface area contributed by atoms with E-state index in [2.05, 4.69) is 15.7 Å². The minimum atomic E-state index is -0.533. The molecule has 2 aromatic rings. The van der Waals surface area contributed by atoms with Gasteiger partial charge in [-0.15, -0.1) is 11.3 Å². The molecule has 0 saturated heterocycles. The molecule has 0 saturated carbocycles. The Bertz CT molecular complexity index is 608. The molecule has 124 valence electrons. The molecule has 0 fully saturated rings. The van der Waals surface area contributed by atoms with E-state index in [9.17, 15) is 9.59 Å². The first-order valence-corrected chi connectivity index (χ1v) is 8.55. The number of amides is 2. The fourth-order valence-electron chi connectivity index (χ4n) is 2.15. The van der Waals surface area contributed by atoms with Crippen molar-refractivity contribution >= 4 is 23.2 Å². The number of carbonyl (C=O) groups is 2. The van der Waals surface area contributed by atoms with Crippen molar-refractivity contribution in [1.29, 1.82) is 0 Å². The summed E-state index contributed by atoms with van der Waals surface area (Å²) in [7, 11) is 0. The Morgan fingerprint density at radius 1 is 1.35 bits per heavy atom. The topological polar surface area (TPSA) is 76.0 Å². The molecule has 2 amide bonds. The summed E-state index contributed by atoms with van der Waals surface area (Å²) in [6.07, 6.45) is 4.41. The lowest BCUT2D eigenvalue weighted by Gasteiger charge is -2.21. The fourth-order valence-corrected chi connectivity index (χ4v) is 2.78. The lowest BCUT2D eigenvalue weighted by Crippen LogP contribution is -2.49. The smallest absolute Gasteiger partial charge is 0.262 e. The zero-order chi connectivity index (χ0) is 16.7. The highest BCUT2D eigenvalue weighted by Gasteiger charge is 2.24. The maximum atomic E-state index is 12.3. The van der Waals surface area contributed by atoms with Crippen LogP contribution in [0.15, 0.2) is 36.0 Å². The second-order valence-electron chi connectivity index (χ2n) is 5.59. The molecule has 6 nitrogen and oxygen atoms in total. The second-order valence-corrected chi connectivity index (χ2v) is 6.53. The maximum absolute atomic E-state index is 12.3. The standard InChI is InChI=1S/C16H22N4O2S/c1-12(2)14(19-15(21)13-6-3-11-23-13)16(22)17-7-4-9-20-10-5-8-18-20/h3,5-6,8,10-12,14H,4,7,9H2,1-2H3,(H,17,22)(H,19,21)/t14-/m0/s1. The van der Waals surface area contributed by atoms with Gasteiger partial charge in [-0.05, 0) is 29.9 Å². The van der Waals surface area contributed by atoms with Gasteiger partial charge in [0, 0.05) is 25.5 Å². The molecule has 7 heteroatoms. The van der Waals surface area contributed by atoms with Gasteiger partial charge >= 0.3 is 0 Å². The van der Waals surface area contributed by atoms with Crippen LogP contribution in [0.25, 0.3) is 0 Å². The fraction of sp³-hybridized carbons (Fsp3) is 0.438. The largest absolute Gasteiger partial charge is 0.354 e. The summed E-state index contributed by atoms with van der Waals surface area (Å²) in [5, 5.41) is 11.7. The summed E-state index contributed by atoms with van der Waals surface area (Å²) in [4.78, 5) is 25.0. The highest BCUT2D eigenvalue weighted by Crippen LogP contribution is 2.10. The van der Waals surface area contributed by atoms with Crippen LogP contribution in [0, 0.1) is 5.92 Å². The Hall–Kier alpha value is -2.15. The Labute approximate surface area is 139 Å². The monoisotopic (exact) mass is 334 g/mol. The molecule has 1 atom stereocenters. The molecule has 2 rings (SSSR count). The number of nitrogens with one attached hydrogen (secondary N) is 2. The highest BCUT2D eigenvalue weighted by atomic mass is 32.1. The van der Waals surface area contributed by atoms with E-state index in [1.54, 1.807) is 12.3 Å². The molecular weight excluding hydrogens is 312 g/mol. The molecule has 0 aliphatic rings. The number of hydrogen-bond donors (Lipinski definition) is 2. The molecular formula is C16H22N4O2S. The summed E-state index contributed by atoms with van der Waals surface area (Å²) in [6.45, 7) is 5.14. The van der Waals surface area contributed by atoms with Crippen molar-refractivity contribution in [2.24, 2.45) is 5.92 Å². The van der Waals surface area contributed by atoms with Crippen molar-refractivity contribution in [3.8, 4) is 0 Å². The van der Waals surface area contributed by atoms with Crippen LogP contribution in [0.1, 0.15) is 29.9 Å². The van der Waals surface area contributed by atoms with Crippen molar-refractivity contribution < 1.29 is 9.59 Å². The number of aryl methyl sites for hydroxylation is 1. The molecule has 0 aromatic carbocycles. The van der Waals surface area contributed by atoms with Crippen molar-refractivity contribution in [2.75, 3.05) is 6.54 Å². The highest BCUT2D eigenvalue weighted by molar-refractivity contribution is 7.12. The van der Waals surface area contributed by atoms with Gasteiger partial charge in [-0.3, -0.25) is 14.3 Å². The van der Waals surface area contributed by atoms with Gasteiger partial charge in [0.2, 0.25) is 5.91 Å². The quantitative estimate of drug-likeness (QED) is 0.724. The van der Waals surface area contributed by atoms with Crippen LogP contribution in [0.2, 0.25) is 0 Å². The van der Waals surface area contributed by atoms with Crippen LogP contribution < -0.4 is 10.6 Å². The maximum Gasteiger partial charge on any atom is 0.262 e. The van der Waals surface area contributed by atoms with E-state index in [1.165, 1.54) is 11.3 Å². The first-order valence-electron chi connectivity index (χ1n) is 7.67. The molecule has 0 aliphatic heterocycles. The Morgan fingerprint density at radius 2 is 2.17 bits per heavy atom. The molecule has 0 unspecified atom stereocenters. The average molecular weight is 334 g/mol. The molecule has 0 bridgehead atoms. The first kappa shape index (κ1) is 17.2. The van der Waals surface area contributed by atoms with E-state index in [1.807, 2.05) is 42.2 Å². The zero-order valence-corrected chi connectivity index (χ0v) is 14.2. The lowest BCUT2D eigenvalue weighted by atomic mass is 10.0. The number of hydrogen-bond acceptors (Lipinski definition) is 4. The van der Waals surface area contributed by atoms with E-state index < -0.39 is 6.04 Å². The van der Waals surface area contributed by atoms with E-state index in [0.717, 1.165) is 13.0 Å². The van der Waals surface area contributed by atoms with Crippen LogP contribution in [-0.2, 0) is 11.3 Å². The van der Waals surface area contributed by atoms with Crippen molar-refractivity contribution in [1.82, 2.24) is 20.4 Å². The Morgan fingerprint density at radius 3 is 2.78 bits per heavy atom. The van der Waals surface area contributed by atoms with E-state index >= 15 is 0 Å². The summed E-state index contributed by atoms with van der Waals surface area (Å²) >= 11 is 1.36. The van der Waals surface area contributed by atoms with Crippen LogP contribution in [0.5, 0.6) is 0 Å². The number of carbonyl (C=O) groups excluding carboxylic acids is 2. The van der Waals surface area contributed by atoms with E-state index in [0.29, 0.717) is 11.4 Å². The first-order chi connectivity index (χ1) is 11.1. The third kappa shape index (κ3) is 5.21. The van der Waals surface area contributed by atoms with Crippen LogP contribution in [0.3, 0.4) is 0 Å². The summed E-state index contributed by atoms with van der Waals surface area (Å²) in [5.41, 5.74) is 0. The third-order valence-corrected chi connectivity index (χ3v) is 4.27. The zero-order valence-electron chi connectivity index (χ0n) is 13.4. The third-order valence-electron chi connectivity index (χ3n) is 3.40. The van der Waals surface area contributed by atoms with Gasteiger partial charge < -0.3 is 10.6 Å². The van der Waals surface area contributed by atoms with Gasteiger partial charge in [0.15, 0.2) is 0 Å². The molecule has 2 aromatic heterocycles. The van der Waals surface area contributed by atoms with Gasteiger partial charge in [0.1, 0.15) is 6.04 Å². The summed E-state index contributed by atoms with van der Waals surface area (Å²) < 4.78 is 1.82. The van der Waals surface area contributed by atoms with Crippen molar-refractivity contribution in [3.63, 3.8) is 0 Å². The molecule has 0 aliphatic carbocycles. The number of rotatable bonds is 8. The second kappa shape index (κ2) is 8.47. The Kier molecular flexibility index (Phi) is 6.34. The normalized spacial score (nSPS) is 12.1. The van der Waals surface area contributed by atoms with E-state index in [4.69, 9.17) is 0 Å². The SMILES string of the molecule is CC(C)[C@H](NC(=O)c1cccs1)C(=O)NCCCn1cccn1. The molecule has 2 N–H and O–H groups in total. The minimum Gasteiger partial charge on any atom is -0.354 e. The number of thiophene rings is 1. The van der Waals surface area contributed by atoms with Crippen LogP contribution in [-0.4, -0.2) is 34.2 Å². The summed E-state index contributed by atoms with van der Waals surface area (Å²) in [5.74, 6) is -0.333. The van der Waals surface area contributed by atoms with E-state index in [-0.39, 0.29) is 17.7 Å². The Balaban J connectivity index is 1.79. The molecule has 2 heterocycles. The van der Waals surface area contributed by atoms with Gasteiger partial charge in [-0.2, -0.15) is 5.10 Å². The average Bonchev–Trinajstić information content (AvgIpc) is 3.21. The lowest BCUT2D eigenvalue weighted by molar-refractivity contribution is -0.123. The van der Waals surface area contributed by atoms with Gasteiger partial charge in [-0.1, -0.05) is 19.9 Å². The molecule has 23 heavy (non-hydrogen) atoms. The van der Waals surface area contributed by atoms with Gasteiger partial charge in [-0.25, -0.2) is 0 Å².